The van der Waals surface area contributed by atoms with Crippen molar-refractivity contribution in [1.29, 1.82) is 0 Å². The number of amides is 2. The van der Waals surface area contributed by atoms with Gasteiger partial charge in [-0.2, -0.15) is 0 Å². The fourth-order valence-electron chi connectivity index (χ4n) is 1.87. The molecule has 76 valence electrons. The molecule has 0 aromatic carbocycles. The molecular weight excluding hydrogens is 168 g/mol. The Morgan fingerprint density at radius 3 is 2.62 bits per heavy atom. The third-order valence-corrected chi connectivity index (χ3v) is 2.73. The summed E-state index contributed by atoms with van der Waals surface area (Å²) in [6, 6.07) is -0.125. The number of aliphatic hydroxyl groups excluding tert-OH is 1. The molecule has 1 saturated carbocycles. The molecule has 4 nitrogen and oxygen atoms in total. The van der Waals surface area contributed by atoms with Crippen LogP contribution in [0.3, 0.4) is 0 Å². The third-order valence-electron chi connectivity index (χ3n) is 2.73. The lowest BCUT2D eigenvalue weighted by Gasteiger charge is -2.34. The van der Waals surface area contributed by atoms with Gasteiger partial charge in [-0.05, 0) is 12.8 Å². The minimum Gasteiger partial charge on any atom is -0.391 e. The van der Waals surface area contributed by atoms with Gasteiger partial charge in [0.05, 0.1) is 12.1 Å². The van der Waals surface area contributed by atoms with E-state index in [2.05, 4.69) is 5.32 Å². The monoisotopic (exact) mass is 186 g/mol. The van der Waals surface area contributed by atoms with Gasteiger partial charge >= 0.3 is 6.03 Å². The van der Waals surface area contributed by atoms with Gasteiger partial charge in [-0.3, -0.25) is 0 Å². The molecule has 2 N–H and O–H groups in total. The first-order chi connectivity index (χ1) is 6.16. The van der Waals surface area contributed by atoms with Gasteiger partial charge in [0, 0.05) is 14.1 Å². The number of likely N-dealkylation sites (N-methyl/N-ethyl adjacent to an activating group) is 1. The van der Waals surface area contributed by atoms with E-state index in [0.717, 1.165) is 25.7 Å². The molecule has 13 heavy (non-hydrogen) atoms. The van der Waals surface area contributed by atoms with Crippen molar-refractivity contribution in [3.63, 3.8) is 0 Å². The lowest BCUT2D eigenvalue weighted by Crippen LogP contribution is -2.49. The Morgan fingerprint density at radius 2 is 2.08 bits per heavy atom. The average Bonchev–Trinajstić information content (AvgIpc) is 2.16. The number of hydrogen-bond acceptors (Lipinski definition) is 2. The average molecular weight is 186 g/mol. The zero-order valence-corrected chi connectivity index (χ0v) is 8.29. The van der Waals surface area contributed by atoms with Crippen LogP contribution in [0.1, 0.15) is 25.7 Å². The Hall–Kier alpha value is -0.770. The Bertz CT molecular complexity index is 184. The first-order valence-electron chi connectivity index (χ1n) is 4.79. The van der Waals surface area contributed by atoms with E-state index in [1.165, 1.54) is 0 Å². The molecule has 0 aliphatic heterocycles. The Labute approximate surface area is 78.9 Å². The van der Waals surface area contributed by atoms with Crippen molar-refractivity contribution in [3.8, 4) is 0 Å². The number of rotatable bonds is 1. The molecule has 0 saturated heterocycles. The molecule has 0 unspecified atom stereocenters. The molecule has 1 fully saturated rings. The van der Waals surface area contributed by atoms with E-state index in [1.54, 1.807) is 19.0 Å². The van der Waals surface area contributed by atoms with Crippen LogP contribution >= 0.6 is 0 Å². The highest BCUT2D eigenvalue weighted by molar-refractivity contribution is 5.73. The zero-order chi connectivity index (χ0) is 9.84. The van der Waals surface area contributed by atoms with Crippen molar-refractivity contribution < 1.29 is 9.90 Å². The first-order valence-corrected chi connectivity index (χ1v) is 4.79. The van der Waals surface area contributed by atoms with Gasteiger partial charge in [0.1, 0.15) is 0 Å². The Kier molecular flexibility index (Phi) is 3.54. The van der Waals surface area contributed by atoms with Crippen LogP contribution in [0.2, 0.25) is 0 Å². The van der Waals surface area contributed by atoms with E-state index in [0.29, 0.717) is 0 Å². The Morgan fingerprint density at radius 1 is 1.46 bits per heavy atom. The molecule has 2 atom stereocenters. The van der Waals surface area contributed by atoms with Gasteiger partial charge in [0.15, 0.2) is 0 Å². The van der Waals surface area contributed by atoms with Crippen LogP contribution in [0.25, 0.3) is 0 Å². The fourth-order valence-corrected chi connectivity index (χ4v) is 1.87. The first kappa shape index (κ1) is 10.3. The highest BCUT2D eigenvalue weighted by Crippen LogP contribution is 2.22. The van der Waals surface area contributed by atoms with Gasteiger partial charge in [0.2, 0.25) is 0 Å². The second-order valence-corrected chi connectivity index (χ2v) is 3.59. The summed E-state index contributed by atoms with van der Waals surface area (Å²) < 4.78 is 0. The number of nitrogens with one attached hydrogen (secondary N) is 1. The summed E-state index contributed by atoms with van der Waals surface area (Å²) in [6.45, 7) is 0. The maximum absolute atomic E-state index is 11.3. The lowest BCUT2D eigenvalue weighted by molar-refractivity contribution is 0.0469. The molecule has 4 heteroatoms. The summed E-state index contributed by atoms with van der Waals surface area (Å²) in [5, 5.41) is 12.2. The molecule has 1 aliphatic carbocycles. The van der Waals surface area contributed by atoms with E-state index >= 15 is 0 Å². The second kappa shape index (κ2) is 4.46. The van der Waals surface area contributed by atoms with Crippen LogP contribution in [0.15, 0.2) is 0 Å². The molecule has 0 spiro atoms. The molecule has 0 heterocycles. The van der Waals surface area contributed by atoms with Gasteiger partial charge < -0.3 is 15.3 Å². The molecule has 1 rings (SSSR count). The molecule has 0 aromatic rings. The molecule has 1 aliphatic rings. The number of carbonyl (C=O) groups excluding carboxylic acids is 1. The van der Waals surface area contributed by atoms with E-state index in [9.17, 15) is 9.90 Å². The van der Waals surface area contributed by atoms with Crippen molar-refractivity contribution in [2.45, 2.75) is 37.8 Å². The van der Waals surface area contributed by atoms with Crippen LogP contribution < -0.4 is 5.32 Å². The van der Waals surface area contributed by atoms with E-state index in [1.807, 2.05) is 0 Å². The van der Waals surface area contributed by atoms with Crippen molar-refractivity contribution in [1.82, 2.24) is 10.2 Å². The van der Waals surface area contributed by atoms with Crippen molar-refractivity contribution in [3.05, 3.63) is 0 Å². The molecule has 0 aromatic heterocycles. The highest BCUT2D eigenvalue weighted by Gasteiger charge is 2.28. The maximum atomic E-state index is 11.3. The van der Waals surface area contributed by atoms with Crippen molar-refractivity contribution in [2.24, 2.45) is 0 Å². The highest BCUT2D eigenvalue weighted by atomic mass is 16.3. The van der Waals surface area contributed by atoms with Gasteiger partial charge in [-0.1, -0.05) is 12.8 Å². The standard InChI is InChI=1S/C9H18N2O2/c1-10-9(13)11(2)7-5-3-4-6-8(7)12/h7-8,12H,3-6H2,1-2H3,(H,10,13)/t7-,8-/m1/s1. The largest absolute Gasteiger partial charge is 0.391 e. The van der Waals surface area contributed by atoms with Crippen LogP contribution in [0, 0.1) is 0 Å². The quantitative estimate of drug-likeness (QED) is 0.628. The molecule has 0 radical (unpaired) electrons. The topological polar surface area (TPSA) is 52.6 Å². The predicted molar refractivity (Wildman–Crippen MR) is 50.5 cm³/mol. The minimum absolute atomic E-state index is 0.00583. The van der Waals surface area contributed by atoms with Gasteiger partial charge in [-0.25, -0.2) is 4.79 Å². The zero-order valence-electron chi connectivity index (χ0n) is 8.29. The van der Waals surface area contributed by atoms with E-state index < -0.39 is 0 Å². The summed E-state index contributed by atoms with van der Waals surface area (Å²) in [4.78, 5) is 12.9. The van der Waals surface area contributed by atoms with Crippen molar-refractivity contribution >= 4 is 6.03 Å². The summed E-state index contributed by atoms with van der Waals surface area (Å²) in [5.74, 6) is 0. The lowest BCUT2D eigenvalue weighted by atomic mass is 9.92. The number of urea groups is 1. The van der Waals surface area contributed by atoms with Crippen molar-refractivity contribution in [2.75, 3.05) is 14.1 Å². The summed E-state index contributed by atoms with van der Waals surface area (Å²) in [7, 11) is 3.34. The molecule has 0 bridgehead atoms. The third kappa shape index (κ3) is 2.34. The SMILES string of the molecule is CNC(=O)N(C)[C@@H]1CCCC[C@H]1O. The number of carbonyl (C=O) groups is 1. The van der Waals surface area contributed by atoms with Crippen LogP contribution in [0.4, 0.5) is 4.79 Å². The van der Waals surface area contributed by atoms with Crippen LogP contribution in [-0.2, 0) is 0 Å². The van der Waals surface area contributed by atoms with Crippen LogP contribution in [0.5, 0.6) is 0 Å². The normalized spacial score (nSPS) is 28.2. The fraction of sp³-hybridized carbons (Fsp3) is 0.889. The van der Waals surface area contributed by atoms with Gasteiger partial charge in [0.25, 0.3) is 0 Å². The van der Waals surface area contributed by atoms with E-state index in [-0.39, 0.29) is 18.2 Å². The summed E-state index contributed by atoms with van der Waals surface area (Å²) in [5.41, 5.74) is 0. The van der Waals surface area contributed by atoms with Crippen LogP contribution in [-0.4, -0.2) is 42.3 Å². The second-order valence-electron chi connectivity index (χ2n) is 3.59. The maximum Gasteiger partial charge on any atom is 0.317 e. The van der Waals surface area contributed by atoms with Gasteiger partial charge in [-0.15, -0.1) is 0 Å². The summed E-state index contributed by atoms with van der Waals surface area (Å²) in [6.07, 6.45) is 3.54. The minimum atomic E-state index is -0.351. The predicted octanol–water partition coefficient (Wildman–Crippen LogP) is 0.561. The molecule has 2 amide bonds. The number of nitrogens with zero attached hydrogens (tertiary/aromatic N) is 1. The summed E-state index contributed by atoms with van der Waals surface area (Å²) >= 11 is 0. The van der Waals surface area contributed by atoms with E-state index in [4.69, 9.17) is 0 Å². The number of aliphatic hydroxyl groups is 1. The Balaban J connectivity index is 2.53. The smallest absolute Gasteiger partial charge is 0.317 e. The molecular formula is C9H18N2O2. The number of hydrogen-bond donors (Lipinski definition) is 2.